The quantitative estimate of drug-likeness (QED) is 0.831. The van der Waals surface area contributed by atoms with Crippen molar-refractivity contribution in [2.24, 2.45) is 0 Å². The van der Waals surface area contributed by atoms with E-state index in [-0.39, 0.29) is 11.7 Å². The van der Waals surface area contributed by atoms with Crippen LogP contribution < -0.4 is 0 Å². The molecule has 0 amide bonds. The van der Waals surface area contributed by atoms with Crippen LogP contribution in [0.2, 0.25) is 0 Å². The normalized spacial score (nSPS) is 12.6. The van der Waals surface area contributed by atoms with Crippen LogP contribution in [-0.2, 0) is 6.54 Å². The van der Waals surface area contributed by atoms with E-state index in [9.17, 15) is 4.39 Å². The molecule has 19 heavy (non-hydrogen) atoms. The Morgan fingerprint density at radius 3 is 2.79 bits per heavy atom. The van der Waals surface area contributed by atoms with Crippen molar-refractivity contribution < 1.29 is 4.39 Å². The maximum absolute atomic E-state index is 14.0. The van der Waals surface area contributed by atoms with E-state index in [1.54, 1.807) is 10.9 Å². The minimum absolute atomic E-state index is 0.147. The molecule has 2 rings (SSSR count). The Balaban J connectivity index is 2.17. The molecule has 1 atom stereocenters. The third-order valence-electron chi connectivity index (χ3n) is 3.16. The van der Waals surface area contributed by atoms with E-state index in [4.69, 9.17) is 0 Å². The lowest BCUT2D eigenvalue weighted by atomic mass is 10.0. The molecule has 6 heteroatoms. The Labute approximate surface area is 111 Å². The van der Waals surface area contributed by atoms with E-state index in [1.807, 2.05) is 13.8 Å². The second-order valence-electron chi connectivity index (χ2n) is 4.78. The SMILES string of the molecule is CCCC(C)c1ncc(Cn2nnnc2C)cc1F. The first-order chi connectivity index (χ1) is 9.11. The molecule has 0 saturated carbocycles. The fourth-order valence-electron chi connectivity index (χ4n) is 2.08. The van der Waals surface area contributed by atoms with Crippen molar-refractivity contribution >= 4 is 0 Å². The molecular weight excluding hydrogens is 245 g/mol. The third kappa shape index (κ3) is 3.13. The number of aromatic nitrogens is 5. The molecule has 0 aliphatic heterocycles. The van der Waals surface area contributed by atoms with Crippen LogP contribution in [0.3, 0.4) is 0 Å². The third-order valence-corrected chi connectivity index (χ3v) is 3.16. The van der Waals surface area contributed by atoms with Crippen LogP contribution in [0.1, 0.15) is 49.7 Å². The van der Waals surface area contributed by atoms with E-state index in [1.165, 1.54) is 6.07 Å². The van der Waals surface area contributed by atoms with Crippen molar-refractivity contribution in [3.8, 4) is 0 Å². The Morgan fingerprint density at radius 2 is 2.21 bits per heavy atom. The van der Waals surface area contributed by atoms with Crippen LogP contribution in [0, 0.1) is 12.7 Å². The monoisotopic (exact) mass is 263 g/mol. The number of pyridine rings is 1. The first kappa shape index (κ1) is 13.6. The van der Waals surface area contributed by atoms with Crippen molar-refractivity contribution in [2.45, 2.75) is 46.1 Å². The van der Waals surface area contributed by atoms with Gasteiger partial charge in [0.2, 0.25) is 0 Å². The predicted octanol–water partition coefficient (Wildman–Crippen LogP) is 2.47. The second-order valence-corrected chi connectivity index (χ2v) is 4.78. The summed E-state index contributed by atoms with van der Waals surface area (Å²) in [5.41, 5.74) is 1.30. The van der Waals surface area contributed by atoms with Gasteiger partial charge in [-0.2, -0.15) is 0 Å². The highest BCUT2D eigenvalue weighted by Gasteiger charge is 2.13. The molecule has 0 fully saturated rings. The Kier molecular flexibility index (Phi) is 4.19. The van der Waals surface area contributed by atoms with Gasteiger partial charge in [0.25, 0.3) is 0 Å². The number of nitrogens with zero attached hydrogens (tertiary/aromatic N) is 5. The van der Waals surface area contributed by atoms with Crippen molar-refractivity contribution in [2.75, 3.05) is 0 Å². The number of halogens is 1. The van der Waals surface area contributed by atoms with Gasteiger partial charge in [-0.25, -0.2) is 9.07 Å². The molecule has 102 valence electrons. The summed E-state index contributed by atoms with van der Waals surface area (Å²) in [6.07, 6.45) is 3.66. The lowest BCUT2D eigenvalue weighted by Gasteiger charge is -2.11. The molecule has 0 saturated heterocycles. The molecule has 0 radical (unpaired) electrons. The molecule has 2 aromatic heterocycles. The number of hydrogen-bond acceptors (Lipinski definition) is 4. The molecule has 1 unspecified atom stereocenters. The van der Waals surface area contributed by atoms with Gasteiger partial charge in [0.15, 0.2) is 0 Å². The molecule has 0 aliphatic carbocycles. The summed E-state index contributed by atoms with van der Waals surface area (Å²) in [7, 11) is 0. The summed E-state index contributed by atoms with van der Waals surface area (Å²) in [5, 5.41) is 11.2. The van der Waals surface area contributed by atoms with Gasteiger partial charge in [-0.15, -0.1) is 5.10 Å². The van der Waals surface area contributed by atoms with Crippen LogP contribution in [-0.4, -0.2) is 25.2 Å². The summed E-state index contributed by atoms with van der Waals surface area (Å²) in [6, 6.07) is 1.52. The van der Waals surface area contributed by atoms with Crippen molar-refractivity contribution in [1.82, 2.24) is 25.2 Å². The zero-order valence-corrected chi connectivity index (χ0v) is 11.5. The minimum Gasteiger partial charge on any atom is -0.258 e. The van der Waals surface area contributed by atoms with E-state index in [2.05, 4.69) is 27.4 Å². The van der Waals surface area contributed by atoms with E-state index in [0.29, 0.717) is 18.1 Å². The molecule has 2 heterocycles. The highest BCUT2D eigenvalue weighted by Crippen LogP contribution is 2.21. The molecule has 5 nitrogen and oxygen atoms in total. The van der Waals surface area contributed by atoms with Crippen molar-refractivity contribution in [1.29, 1.82) is 0 Å². The van der Waals surface area contributed by atoms with Gasteiger partial charge in [0, 0.05) is 12.1 Å². The Hall–Kier alpha value is -1.85. The molecule has 0 aliphatic rings. The van der Waals surface area contributed by atoms with E-state index < -0.39 is 0 Å². The standard InChI is InChI=1S/C13H18FN5/c1-4-5-9(2)13-12(14)6-11(7-15-13)8-19-10(3)16-17-18-19/h6-7,9H,4-5,8H2,1-3H3. The molecule has 0 spiro atoms. The van der Waals surface area contributed by atoms with Gasteiger partial charge < -0.3 is 0 Å². The highest BCUT2D eigenvalue weighted by molar-refractivity contribution is 5.19. The summed E-state index contributed by atoms with van der Waals surface area (Å²) in [6.45, 7) is 6.33. The average molecular weight is 263 g/mol. The van der Waals surface area contributed by atoms with Gasteiger partial charge in [-0.05, 0) is 35.4 Å². The molecule has 0 bridgehead atoms. The van der Waals surface area contributed by atoms with Crippen LogP contribution in [0.4, 0.5) is 4.39 Å². The van der Waals surface area contributed by atoms with E-state index in [0.717, 1.165) is 18.4 Å². The number of tetrazole rings is 1. The zero-order valence-electron chi connectivity index (χ0n) is 11.5. The number of rotatable bonds is 5. The molecule has 2 aromatic rings. The summed E-state index contributed by atoms with van der Waals surface area (Å²) < 4.78 is 15.6. The van der Waals surface area contributed by atoms with Gasteiger partial charge in [-0.1, -0.05) is 20.3 Å². The summed E-state index contributed by atoms with van der Waals surface area (Å²) >= 11 is 0. The van der Waals surface area contributed by atoms with Crippen LogP contribution in [0.25, 0.3) is 0 Å². The maximum Gasteiger partial charge on any atom is 0.148 e. The first-order valence-corrected chi connectivity index (χ1v) is 6.49. The predicted molar refractivity (Wildman–Crippen MR) is 69.2 cm³/mol. The zero-order chi connectivity index (χ0) is 13.8. The molecular formula is C13H18FN5. The van der Waals surface area contributed by atoms with E-state index >= 15 is 0 Å². The lowest BCUT2D eigenvalue weighted by Crippen LogP contribution is -2.07. The lowest BCUT2D eigenvalue weighted by molar-refractivity contribution is 0.548. The second kappa shape index (κ2) is 5.86. The maximum atomic E-state index is 14.0. The number of aryl methyl sites for hydroxylation is 1. The molecule has 0 N–H and O–H groups in total. The fraction of sp³-hybridized carbons (Fsp3) is 0.538. The van der Waals surface area contributed by atoms with Gasteiger partial charge >= 0.3 is 0 Å². The number of hydrogen-bond donors (Lipinski definition) is 0. The van der Waals surface area contributed by atoms with Crippen molar-refractivity contribution in [3.63, 3.8) is 0 Å². The highest BCUT2D eigenvalue weighted by atomic mass is 19.1. The largest absolute Gasteiger partial charge is 0.258 e. The molecule has 0 aromatic carbocycles. The summed E-state index contributed by atoms with van der Waals surface area (Å²) in [5.74, 6) is 0.599. The Morgan fingerprint density at radius 1 is 1.42 bits per heavy atom. The summed E-state index contributed by atoms with van der Waals surface area (Å²) in [4.78, 5) is 4.25. The minimum atomic E-state index is -0.246. The van der Waals surface area contributed by atoms with Gasteiger partial charge in [0.05, 0.1) is 12.2 Å². The average Bonchev–Trinajstić information content (AvgIpc) is 2.75. The van der Waals surface area contributed by atoms with Crippen LogP contribution in [0.5, 0.6) is 0 Å². The van der Waals surface area contributed by atoms with Gasteiger partial charge in [-0.3, -0.25) is 4.98 Å². The van der Waals surface area contributed by atoms with Crippen LogP contribution >= 0.6 is 0 Å². The van der Waals surface area contributed by atoms with Crippen LogP contribution in [0.15, 0.2) is 12.3 Å². The van der Waals surface area contributed by atoms with Gasteiger partial charge in [0.1, 0.15) is 11.6 Å². The first-order valence-electron chi connectivity index (χ1n) is 6.49. The smallest absolute Gasteiger partial charge is 0.148 e. The topological polar surface area (TPSA) is 56.5 Å². The van der Waals surface area contributed by atoms with Crippen molar-refractivity contribution in [3.05, 3.63) is 35.2 Å². The Bertz CT molecular complexity index is 552. The fourth-order valence-corrected chi connectivity index (χ4v) is 2.08.